The number of nitro groups is 1. The third kappa shape index (κ3) is 4.34. The number of imidazole rings is 1. The van der Waals surface area contributed by atoms with Gasteiger partial charge in [0.25, 0.3) is 11.6 Å². The maximum Gasteiger partial charge on any atom is 0.308 e. The zero-order chi connectivity index (χ0) is 20.1. The summed E-state index contributed by atoms with van der Waals surface area (Å²) in [5, 5.41) is 23.5. The van der Waals surface area contributed by atoms with Crippen molar-refractivity contribution in [2.24, 2.45) is 11.8 Å². The highest BCUT2D eigenvalue weighted by Crippen LogP contribution is 2.25. The number of carbonyl (C=O) groups is 2. The van der Waals surface area contributed by atoms with Gasteiger partial charge in [-0.2, -0.15) is 0 Å². The normalized spacial score (nSPS) is 15.7. The summed E-state index contributed by atoms with van der Waals surface area (Å²) in [7, 11) is 0. The fourth-order valence-electron chi connectivity index (χ4n) is 3.31. The van der Waals surface area contributed by atoms with E-state index in [4.69, 9.17) is 4.74 Å². The predicted molar refractivity (Wildman–Crippen MR) is 97.2 cm³/mol. The lowest BCUT2D eigenvalue weighted by atomic mass is 9.86. The number of nitro benzene ring substituents is 1. The zero-order valence-electron chi connectivity index (χ0n) is 15.0. The SMILES string of the molecule is O=C(NCC(C(=O)O)C1CCOCC1)c1ccc(-n2ccnc2)c([N+](=O)[O-])c1. The first-order chi connectivity index (χ1) is 13.5. The summed E-state index contributed by atoms with van der Waals surface area (Å²) in [6.45, 7) is 0.963. The average molecular weight is 388 g/mol. The Morgan fingerprint density at radius 2 is 2.14 bits per heavy atom. The molecule has 10 nitrogen and oxygen atoms in total. The lowest BCUT2D eigenvalue weighted by molar-refractivity contribution is -0.384. The highest BCUT2D eigenvalue weighted by atomic mass is 16.6. The molecular formula is C18H20N4O6. The number of rotatable bonds is 7. The van der Waals surface area contributed by atoms with Crippen LogP contribution in [-0.4, -0.2) is 51.2 Å². The Bertz CT molecular complexity index is 861. The predicted octanol–water partition coefficient (Wildman–Crippen LogP) is 1.64. The molecule has 1 aromatic heterocycles. The van der Waals surface area contributed by atoms with Gasteiger partial charge >= 0.3 is 5.97 Å². The summed E-state index contributed by atoms with van der Waals surface area (Å²) < 4.78 is 6.73. The maximum absolute atomic E-state index is 12.5. The molecule has 1 unspecified atom stereocenters. The minimum atomic E-state index is -0.978. The molecule has 2 aromatic rings. The maximum atomic E-state index is 12.5. The Hall–Kier alpha value is -3.27. The molecule has 1 amide bonds. The Labute approximate surface area is 160 Å². The molecule has 0 aliphatic carbocycles. The fraction of sp³-hybridized carbons (Fsp3) is 0.389. The van der Waals surface area contributed by atoms with Crippen LogP contribution in [0.15, 0.2) is 36.9 Å². The number of benzene rings is 1. The van der Waals surface area contributed by atoms with Gasteiger partial charge in [0.15, 0.2) is 0 Å². The van der Waals surface area contributed by atoms with Gasteiger partial charge in [-0.15, -0.1) is 0 Å². The lowest BCUT2D eigenvalue weighted by Crippen LogP contribution is -2.39. The van der Waals surface area contributed by atoms with E-state index in [-0.39, 0.29) is 29.4 Å². The number of hydrogen-bond donors (Lipinski definition) is 2. The van der Waals surface area contributed by atoms with Crippen LogP contribution < -0.4 is 5.32 Å². The van der Waals surface area contributed by atoms with Crippen LogP contribution in [-0.2, 0) is 9.53 Å². The molecular weight excluding hydrogens is 368 g/mol. The van der Waals surface area contributed by atoms with Crippen molar-refractivity contribution in [3.05, 3.63) is 52.6 Å². The highest BCUT2D eigenvalue weighted by molar-refractivity contribution is 5.95. The molecule has 0 spiro atoms. The third-order valence-electron chi connectivity index (χ3n) is 4.85. The molecule has 1 atom stereocenters. The molecule has 1 aliphatic heterocycles. The Kier molecular flexibility index (Phi) is 5.99. The van der Waals surface area contributed by atoms with E-state index in [2.05, 4.69) is 10.3 Å². The van der Waals surface area contributed by atoms with E-state index >= 15 is 0 Å². The van der Waals surface area contributed by atoms with Crippen LogP contribution in [0, 0.1) is 22.0 Å². The second kappa shape index (κ2) is 8.61. The van der Waals surface area contributed by atoms with Gasteiger partial charge in [0.1, 0.15) is 5.69 Å². The van der Waals surface area contributed by atoms with Crippen LogP contribution in [0.1, 0.15) is 23.2 Å². The minimum Gasteiger partial charge on any atom is -0.481 e. The van der Waals surface area contributed by atoms with Crippen molar-refractivity contribution >= 4 is 17.6 Å². The number of carboxylic acids is 1. The summed E-state index contributed by atoms with van der Waals surface area (Å²) in [4.78, 5) is 38.7. The second-order valence-electron chi connectivity index (χ2n) is 6.54. The van der Waals surface area contributed by atoms with E-state index in [0.29, 0.717) is 26.1 Å². The van der Waals surface area contributed by atoms with Gasteiger partial charge in [-0.3, -0.25) is 19.7 Å². The highest BCUT2D eigenvalue weighted by Gasteiger charge is 2.30. The standard InChI is InChI=1S/C18H20N4O6/c23-17(20-10-14(18(24)25)12-3-7-28-8-4-12)13-1-2-15(16(9-13)22(26)27)21-6-5-19-11-21/h1-2,5-6,9,11-12,14H,3-4,7-8,10H2,(H,20,23)(H,24,25). The van der Waals surface area contributed by atoms with Gasteiger partial charge < -0.3 is 19.7 Å². The van der Waals surface area contributed by atoms with Crippen molar-refractivity contribution < 1.29 is 24.4 Å². The van der Waals surface area contributed by atoms with Gasteiger partial charge in [0.2, 0.25) is 0 Å². The first-order valence-corrected chi connectivity index (χ1v) is 8.83. The molecule has 10 heteroatoms. The van der Waals surface area contributed by atoms with E-state index in [1.165, 1.54) is 35.3 Å². The lowest BCUT2D eigenvalue weighted by Gasteiger charge is -2.27. The van der Waals surface area contributed by atoms with Crippen molar-refractivity contribution in [1.82, 2.24) is 14.9 Å². The smallest absolute Gasteiger partial charge is 0.308 e. The van der Waals surface area contributed by atoms with E-state index < -0.39 is 22.7 Å². The van der Waals surface area contributed by atoms with Crippen molar-refractivity contribution in [2.45, 2.75) is 12.8 Å². The molecule has 2 heterocycles. The van der Waals surface area contributed by atoms with Crippen molar-refractivity contribution in [3.63, 3.8) is 0 Å². The van der Waals surface area contributed by atoms with Crippen LogP contribution in [0.25, 0.3) is 5.69 Å². The van der Waals surface area contributed by atoms with Gasteiger partial charge in [-0.25, -0.2) is 4.98 Å². The second-order valence-corrected chi connectivity index (χ2v) is 6.54. The van der Waals surface area contributed by atoms with Crippen LogP contribution >= 0.6 is 0 Å². The molecule has 0 radical (unpaired) electrons. The first-order valence-electron chi connectivity index (χ1n) is 8.83. The fourth-order valence-corrected chi connectivity index (χ4v) is 3.31. The van der Waals surface area contributed by atoms with E-state index in [0.717, 1.165) is 0 Å². The Morgan fingerprint density at radius 3 is 2.75 bits per heavy atom. The zero-order valence-corrected chi connectivity index (χ0v) is 15.0. The van der Waals surface area contributed by atoms with Gasteiger partial charge in [0, 0.05) is 43.8 Å². The molecule has 3 rings (SSSR count). The van der Waals surface area contributed by atoms with Crippen molar-refractivity contribution in [1.29, 1.82) is 0 Å². The van der Waals surface area contributed by atoms with E-state index in [1.807, 2.05) is 0 Å². The largest absolute Gasteiger partial charge is 0.481 e. The number of carbonyl (C=O) groups excluding carboxylic acids is 1. The number of nitrogens with one attached hydrogen (secondary N) is 1. The molecule has 148 valence electrons. The third-order valence-corrected chi connectivity index (χ3v) is 4.85. The molecule has 0 bridgehead atoms. The quantitative estimate of drug-likeness (QED) is 0.543. The van der Waals surface area contributed by atoms with E-state index in [9.17, 15) is 24.8 Å². The van der Waals surface area contributed by atoms with Gasteiger partial charge in [-0.05, 0) is 30.9 Å². The molecule has 28 heavy (non-hydrogen) atoms. The number of hydrogen-bond acceptors (Lipinski definition) is 6. The molecule has 1 fully saturated rings. The molecule has 1 aliphatic rings. The van der Waals surface area contributed by atoms with Crippen LogP contribution in [0.3, 0.4) is 0 Å². The number of aliphatic carboxylic acids is 1. The molecule has 1 aromatic carbocycles. The van der Waals surface area contributed by atoms with Crippen LogP contribution in [0.5, 0.6) is 0 Å². The number of amides is 1. The Balaban J connectivity index is 1.74. The van der Waals surface area contributed by atoms with E-state index in [1.54, 1.807) is 6.20 Å². The summed E-state index contributed by atoms with van der Waals surface area (Å²) in [5.41, 5.74) is 0.126. The topological polar surface area (TPSA) is 137 Å². The minimum absolute atomic E-state index is 0.0457. The first kappa shape index (κ1) is 19.5. The summed E-state index contributed by atoms with van der Waals surface area (Å²) in [5.74, 6) is -2.34. The summed E-state index contributed by atoms with van der Waals surface area (Å²) >= 11 is 0. The number of aromatic nitrogens is 2. The monoisotopic (exact) mass is 388 g/mol. The van der Waals surface area contributed by atoms with Gasteiger partial charge in [0.05, 0.1) is 17.2 Å². The number of ether oxygens (including phenoxy) is 1. The Morgan fingerprint density at radius 1 is 1.39 bits per heavy atom. The molecule has 2 N–H and O–H groups in total. The van der Waals surface area contributed by atoms with Crippen molar-refractivity contribution in [3.8, 4) is 5.69 Å². The van der Waals surface area contributed by atoms with Crippen molar-refractivity contribution in [2.75, 3.05) is 19.8 Å². The summed E-state index contributed by atoms with van der Waals surface area (Å²) in [6, 6.07) is 4.10. The molecule has 0 saturated carbocycles. The number of carboxylic acid groups (broad SMARTS) is 1. The summed E-state index contributed by atoms with van der Waals surface area (Å²) in [6.07, 6.45) is 5.73. The molecule has 1 saturated heterocycles. The number of nitrogens with zero attached hydrogens (tertiary/aromatic N) is 3. The van der Waals surface area contributed by atoms with Crippen LogP contribution in [0.2, 0.25) is 0 Å². The van der Waals surface area contributed by atoms with Gasteiger partial charge in [-0.1, -0.05) is 0 Å². The average Bonchev–Trinajstić information content (AvgIpc) is 3.22. The van der Waals surface area contributed by atoms with Crippen LogP contribution in [0.4, 0.5) is 5.69 Å².